The van der Waals surface area contributed by atoms with E-state index in [-0.39, 0.29) is 6.61 Å². The average Bonchev–Trinajstić information content (AvgIpc) is 2.76. The summed E-state index contributed by atoms with van der Waals surface area (Å²) in [7, 11) is 0. The van der Waals surface area contributed by atoms with Crippen LogP contribution in [0.5, 0.6) is 0 Å². The molecule has 1 N–H and O–H groups in total. The molecule has 1 aliphatic carbocycles. The first-order valence-electron chi connectivity index (χ1n) is 7.19. The van der Waals surface area contributed by atoms with Crippen molar-refractivity contribution in [2.24, 2.45) is 11.8 Å². The third-order valence-corrected chi connectivity index (χ3v) is 3.58. The van der Waals surface area contributed by atoms with Crippen LogP contribution in [0.1, 0.15) is 18.1 Å². The summed E-state index contributed by atoms with van der Waals surface area (Å²) in [6.07, 6.45) is 18.0. The van der Waals surface area contributed by atoms with Crippen molar-refractivity contribution in [2.75, 3.05) is 6.61 Å². The second kappa shape index (κ2) is 7.66. The molecule has 104 valence electrons. The molecular formula is C19H22O. The van der Waals surface area contributed by atoms with E-state index in [2.05, 4.69) is 79.8 Å². The minimum Gasteiger partial charge on any atom is -0.396 e. The number of benzene rings is 1. The molecule has 2 rings (SSSR count). The smallest absolute Gasteiger partial charge is 0.0471 e. The Labute approximate surface area is 121 Å². The summed E-state index contributed by atoms with van der Waals surface area (Å²) >= 11 is 0. The van der Waals surface area contributed by atoms with Crippen LogP contribution in [0.2, 0.25) is 0 Å². The molecule has 1 aromatic rings. The molecule has 1 unspecified atom stereocenters. The third kappa shape index (κ3) is 4.36. The molecule has 0 aliphatic heterocycles. The highest BCUT2D eigenvalue weighted by Crippen LogP contribution is 2.19. The molecule has 0 amide bonds. The zero-order valence-corrected chi connectivity index (χ0v) is 11.9. The van der Waals surface area contributed by atoms with Crippen molar-refractivity contribution >= 4 is 6.08 Å². The number of hydrogen-bond acceptors (Lipinski definition) is 1. The van der Waals surface area contributed by atoms with Crippen LogP contribution in [-0.2, 0) is 6.42 Å². The maximum absolute atomic E-state index is 8.90. The fourth-order valence-electron chi connectivity index (χ4n) is 2.24. The minimum atomic E-state index is 0.209. The maximum Gasteiger partial charge on any atom is 0.0471 e. The third-order valence-electron chi connectivity index (χ3n) is 3.58. The van der Waals surface area contributed by atoms with Gasteiger partial charge >= 0.3 is 0 Å². The normalized spacial score (nSPS) is 16.7. The molecular weight excluding hydrogens is 244 g/mol. The molecule has 1 heteroatoms. The van der Waals surface area contributed by atoms with E-state index in [1.165, 1.54) is 11.1 Å². The van der Waals surface area contributed by atoms with E-state index >= 15 is 0 Å². The van der Waals surface area contributed by atoms with Gasteiger partial charge in [0.2, 0.25) is 0 Å². The predicted molar refractivity (Wildman–Crippen MR) is 86.3 cm³/mol. The van der Waals surface area contributed by atoms with Gasteiger partial charge in [-0.2, -0.15) is 0 Å². The molecule has 1 aromatic carbocycles. The van der Waals surface area contributed by atoms with Gasteiger partial charge in [-0.25, -0.2) is 0 Å². The van der Waals surface area contributed by atoms with Crippen molar-refractivity contribution in [1.82, 2.24) is 0 Å². The van der Waals surface area contributed by atoms with E-state index in [9.17, 15) is 0 Å². The molecule has 0 aromatic heterocycles. The van der Waals surface area contributed by atoms with E-state index in [0.29, 0.717) is 11.8 Å². The van der Waals surface area contributed by atoms with Crippen LogP contribution >= 0.6 is 0 Å². The summed E-state index contributed by atoms with van der Waals surface area (Å²) in [4.78, 5) is 0. The zero-order valence-electron chi connectivity index (χ0n) is 11.9. The van der Waals surface area contributed by atoms with Gasteiger partial charge in [-0.05, 0) is 23.5 Å². The Morgan fingerprint density at radius 1 is 1.05 bits per heavy atom. The fraction of sp³-hybridized carbons (Fsp3) is 0.263. The summed E-state index contributed by atoms with van der Waals surface area (Å²) in [6, 6.07) is 8.37. The van der Waals surface area contributed by atoms with E-state index in [0.717, 1.165) is 6.42 Å². The summed E-state index contributed by atoms with van der Waals surface area (Å²) in [5.41, 5.74) is 2.39. The lowest BCUT2D eigenvalue weighted by molar-refractivity contribution is 0.299. The number of aliphatic hydroxyl groups excluding tert-OH is 1. The van der Waals surface area contributed by atoms with Crippen molar-refractivity contribution in [1.29, 1.82) is 0 Å². The van der Waals surface area contributed by atoms with Crippen LogP contribution in [0.25, 0.3) is 6.08 Å². The van der Waals surface area contributed by atoms with Crippen LogP contribution in [0, 0.1) is 11.8 Å². The highest BCUT2D eigenvalue weighted by molar-refractivity contribution is 5.50. The fourth-order valence-corrected chi connectivity index (χ4v) is 2.24. The highest BCUT2D eigenvalue weighted by atomic mass is 16.2. The van der Waals surface area contributed by atoms with Crippen LogP contribution < -0.4 is 0 Å². The van der Waals surface area contributed by atoms with Gasteiger partial charge < -0.3 is 5.11 Å². The average molecular weight is 266 g/mol. The van der Waals surface area contributed by atoms with Gasteiger partial charge in [0.05, 0.1) is 0 Å². The molecule has 0 fully saturated rings. The first-order valence-corrected chi connectivity index (χ1v) is 7.19. The molecule has 0 saturated carbocycles. The lowest BCUT2D eigenvalue weighted by Gasteiger charge is -2.12. The van der Waals surface area contributed by atoms with E-state index in [1.54, 1.807) is 0 Å². The monoisotopic (exact) mass is 266 g/mol. The molecule has 1 nitrogen and oxygen atoms in total. The number of rotatable bonds is 5. The van der Waals surface area contributed by atoms with E-state index < -0.39 is 0 Å². The lowest BCUT2D eigenvalue weighted by Crippen LogP contribution is -2.02. The van der Waals surface area contributed by atoms with Crippen LogP contribution in [0.3, 0.4) is 0 Å². The predicted octanol–water partition coefficient (Wildman–Crippen LogP) is 4.17. The van der Waals surface area contributed by atoms with Gasteiger partial charge in [0.15, 0.2) is 0 Å². The van der Waals surface area contributed by atoms with Gasteiger partial charge in [0.1, 0.15) is 0 Å². The van der Waals surface area contributed by atoms with Gasteiger partial charge in [0, 0.05) is 12.5 Å². The Hall–Kier alpha value is -1.86. The second-order valence-electron chi connectivity index (χ2n) is 5.17. The van der Waals surface area contributed by atoms with Crippen molar-refractivity contribution in [3.8, 4) is 0 Å². The molecule has 0 heterocycles. The molecule has 0 radical (unpaired) electrons. The Morgan fingerprint density at radius 2 is 1.70 bits per heavy atom. The number of hydrogen-bond donors (Lipinski definition) is 1. The van der Waals surface area contributed by atoms with Crippen molar-refractivity contribution in [3.63, 3.8) is 0 Å². The Bertz CT molecular complexity index is 501. The highest BCUT2D eigenvalue weighted by Gasteiger charge is 2.08. The van der Waals surface area contributed by atoms with Crippen molar-refractivity contribution < 1.29 is 5.11 Å². The standard InChI is InChI=1S/C19H22O/c1-16(19-6-4-2-3-5-7-19)8-9-17-10-12-18(13-11-17)14-15-20/h2-13,16,19-20H,14-15H2,1H3/b9-8+. The van der Waals surface area contributed by atoms with Crippen LogP contribution in [-0.4, -0.2) is 11.7 Å². The molecule has 1 atom stereocenters. The van der Waals surface area contributed by atoms with Crippen LogP contribution in [0.15, 0.2) is 66.8 Å². The summed E-state index contributed by atoms with van der Waals surface area (Å²) in [5.74, 6) is 0.925. The van der Waals surface area contributed by atoms with Crippen molar-refractivity contribution in [3.05, 3.63) is 77.9 Å². The van der Waals surface area contributed by atoms with E-state index in [4.69, 9.17) is 5.11 Å². The Morgan fingerprint density at radius 3 is 2.30 bits per heavy atom. The van der Waals surface area contributed by atoms with Crippen LogP contribution in [0.4, 0.5) is 0 Å². The maximum atomic E-state index is 8.90. The number of allylic oxidation sites excluding steroid dienone is 7. The molecule has 1 aliphatic rings. The second-order valence-corrected chi connectivity index (χ2v) is 5.17. The first kappa shape index (κ1) is 14.5. The van der Waals surface area contributed by atoms with Gasteiger partial charge in [-0.3, -0.25) is 0 Å². The zero-order chi connectivity index (χ0) is 14.2. The number of aliphatic hydroxyl groups is 1. The lowest BCUT2D eigenvalue weighted by atomic mass is 9.92. The SMILES string of the molecule is CC(/C=C/c1ccc(CCO)cc1)C1C=CC=CC=C1. The van der Waals surface area contributed by atoms with Gasteiger partial charge in [-0.15, -0.1) is 0 Å². The summed E-state index contributed by atoms with van der Waals surface area (Å²) in [5, 5.41) is 8.90. The largest absolute Gasteiger partial charge is 0.396 e. The van der Waals surface area contributed by atoms with Crippen molar-refractivity contribution in [2.45, 2.75) is 13.3 Å². The van der Waals surface area contributed by atoms with Gasteiger partial charge in [-0.1, -0.05) is 79.8 Å². The molecule has 0 bridgehead atoms. The first-order chi connectivity index (χ1) is 9.79. The molecule has 0 saturated heterocycles. The Kier molecular flexibility index (Phi) is 5.57. The van der Waals surface area contributed by atoms with Gasteiger partial charge in [0.25, 0.3) is 0 Å². The minimum absolute atomic E-state index is 0.209. The quantitative estimate of drug-likeness (QED) is 0.848. The molecule has 0 spiro atoms. The summed E-state index contributed by atoms with van der Waals surface area (Å²) in [6.45, 7) is 2.45. The van der Waals surface area contributed by atoms with E-state index in [1.807, 2.05) is 0 Å². The summed E-state index contributed by atoms with van der Waals surface area (Å²) < 4.78 is 0. The Balaban J connectivity index is 1.97. The topological polar surface area (TPSA) is 20.2 Å². The molecule has 20 heavy (non-hydrogen) atoms.